The molecule has 0 bridgehead atoms. The second kappa shape index (κ2) is 10.8. The standard InChI is InChI=1S/C23H30N4O6S/c1-4-26(5-2)34(31,32)18-10-11-22(33-3)19(16-18)24-23(28)17-12-14-25(15-13-17)20-8-6-7-9-21(20)27(29)30/h6-11,16-17H,4-5,12-15H2,1-3H3,(H,24,28). The second-order valence-electron chi connectivity index (χ2n) is 7.95. The molecule has 11 heteroatoms. The number of benzene rings is 2. The molecule has 1 aliphatic rings. The van der Waals surface area contributed by atoms with Crippen LogP contribution in [0.2, 0.25) is 0 Å². The molecule has 2 aromatic rings. The summed E-state index contributed by atoms with van der Waals surface area (Å²) >= 11 is 0. The van der Waals surface area contributed by atoms with Gasteiger partial charge in [-0.15, -0.1) is 0 Å². The number of rotatable bonds is 9. The van der Waals surface area contributed by atoms with Crippen LogP contribution in [-0.2, 0) is 14.8 Å². The molecule has 184 valence electrons. The van der Waals surface area contributed by atoms with Gasteiger partial charge in [-0.25, -0.2) is 8.42 Å². The first kappa shape index (κ1) is 25.4. The number of hydrogen-bond acceptors (Lipinski definition) is 7. The van der Waals surface area contributed by atoms with Crippen LogP contribution < -0.4 is 15.0 Å². The van der Waals surface area contributed by atoms with Crippen molar-refractivity contribution in [3.05, 3.63) is 52.6 Å². The van der Waals surface area contributed by atoms with Crippen molar-refractivity contribution in [1.82, 2.24) is 4.31 Å². The van der Waals surface area contributed by atoms with Gasteiger partial charge in [-0.3, -0.25) is 14.9 Å². The van der Waals surface area contributed by atoms with Crippen molar-refractivity contribution in [2.45, 2.75) is 31.6 Å². The number of nitrogens with one attached hydrogen (secondary N) is 1. The Morgan fingerprint density at radius 2 is 1.82 bits per heavy atom. The number of nitro benzene ring substituents is 1. The maximum atomic E-state index is 13.0. The fourth-order valence-electron chi connectivity index (χ4n) is 4.16. The number of methoxy groups -OCH3 is 1. The summed E-state index contributed by atoms with van der Waals surface area (Å²) in [6, 6.07) is 11.0. The molecule has 0 aromatic heterocycles. The lowest BCUT2D eigenvalue weighted by Crippen LogP contribution is -2.38. The van der Waals surface area contributed by atoms with Crippen molar-refractivity contribution >= 4 is 33.0 Å². The number of hydrogen-bond donors (Lipinski definition) is 1. The van der Waals surface area contributed by atoms with Crippen molar-refractivity contribution in [1.29, 1.82) is 0 Å². The van der Waals surface area contributed by atoms with Gasteiger partial charge in [-0.1, -0.05) is 26.0 Å². The van der Waals surface area contributed by atoms with E-state index < -0.39 is 14.9 Å². The van der Waals surface area contributed by atoms with Crippen molar-refractivity contribution < 1.29 is 22.9 Å². The topological polar surface area (TPSA) is 122 Å². The Bertz CT molecular complexity index is 1140. The first-order valence-electron chi connectivity index (χ1n) is 11.2. The Morgan fingerprint density at radius 3 is 2.41 bits per heavy atom. The van der Waals surface area contributed by atoms with E-state index in [2.05, 4.69) is 5.32 Å². The minimum atomic E-state index is -3.69. The maximum Gasteiger partial charge on any atom is 0.292 e. The van der Waals surface area contributed by atoms with Gasteiger partial charge in [-0.2, -0.15) is 4.31 Å². The van der Waals surface area contributed by atoms with E-state index in [1.165, 1.54) is 35.7 Å². The zero-order chi connectivity index (χ0) is 24.9. The fraction of sp³-hybridized carbons (Fsp3) is 0.435. The molecule has 0 spiro atoms. The monoisotopic (exact) mass is 490 g/mol. The molecule has 1 N–H and O–H groups in total. The van der Waals surface area contributed by atoms with Crippen molar-refractivity contribution in [2.24, 2.45) is 5.92 Å². The Kier molecular flexibility index (Phi) is 8.11. The quantitative estimate of drug-likeness (QED) is 0.422. The molecule has 0 unspecified atom stereocenters. The lowest BCUT2D eigenvalue weighted by molar-refractivity contribution is -0.384. The molecular weight excluding hydrogens is 460 g/mol. The van der Waals surface area contributed by atoms with Crippen LogP contribution in [0.15, 0.2) is 47.4 Å². The number of sulfonamides is 1. The molecular formula is C23H30N4O6S. The first-order chi connectivity index (χ1) is 16.2. The van der Waals surface area contributed by atoms with Crippen LogP contribution in [0.4, 0.5) is 17.1 Å². The van der Waals surface area contributed by atoms with Crippen LogP contribution in [0.5, 0.6) is 5.75 Å². The number of anilines is 2. The number of carbonyl (C=O) groups is 1. The van der Waals surface area contributed by atoms with E-state index in [9.17, 15) is 23.3 Å². The minimum Gasteiger partial charge on any atom is -0.495 e. The highest BCUT2D eigenvalue weighted by Gasteiger charge is 2.29. The summed E-state index contributed by atoms with van der Waals surface area (Å²) in [5.74, 6) is -0.186. The average molecular weight is 491 g/mol. The Labute approximate surface area is 199 Å². The maximum absolute atomic E-state index is 13.0. The molecule has 0 aliphatic carbocycles. The van der Waals surface area contributed by atoms with Gasteiger partial charge >= 0.3 is 0 Å². The molecule has 1 heterocycles. The largest absolute Gasteiger partial charge is 0.495 e. The van der Waals surface area contributed by atoms with E-state index in [4.69, 9.17) is 4.74 Å². The van der Waals surface area contributed by atoms with Crippen LogP contribution in [0.25, 0.3) is 0 Å². The number of ether oxygens (including phenoxy) is 1. The zero-order valence-corrected chi connectivity index (χ0v) is 20.4. The predicted molar refractivity (Wildman–Crippen MR) is 130 cm³/mol. The predicted octanol–water partition coefficient (Wildman–Crippen LogP) is 3.49. The number of piperidine rings is 1. The third-order valence-corrected chi connectivity index (χ3v) is 8.10. The van der Waals surface area contributed by atoms with Crippen LogP contribution in [0.1, 0.15) is 26.7 Å². The van der Waals surface area contributed by atoms with Crippen molar-refractivity contribution in [3.8, 4) is 5.75 Å². The van der Waals surface area contributed by atoms with E-state index in [1.54, 1.807) is 32.0 Å². The van der Waals surface area contributed by atoms with Crippen molar-refractivity contribution in [2.75, 3.05) is 43.5 Å². The summed E-state index contributed by atoms with van der Waals surface area (Å²) in [5, 5.41) is 14.2. The van der Waals surface area contributed by atoms with Gasteiger partial charge in [0.15, 0.2) is 0 Å². The van der Waals surface area contributed by atoms with E-state index in [0.717, 1.165) is 0 Å². The number of nitro groups is 1. The molecule has 1 aliphatic heterocycles. The zero-order valence-electron chi connectivity index (χ0n) is 19.6. The molecule has 3 rings (SSSR count). The molecule has 0 saturated carbocycles. The number of nitrogens with zero attached hydrogens (tertiary/aromatic N) is 3. The molecule has 0 radical (unpaired) electrons. The highest BCUT2D eigenvalue weighted by molar-refractivity contribution is 7.89. The van der Waals surface area contributed by atoms with Gasteiger partial charge in [-0.05, 0) is 37.1 Å². The fourth-order valence-corrected chi connectivity index (χ4v) is 5.65. The average Bonchev–Trinajstić information content (AvgIpc) is 2.84. The Hall–Kier alpha value is -3.18. The minimum absolute atomic E-state index is 0.0429. The first-order valence-corrected chi connectivity index (χ1v) is 12.6. The van der Waals surface area contributed by atoms with E-state index in [0.29, 0.717) is 56.1 Å². The lowest BCUT2D eigenvalue weighted by atomic mass is 9.95. The number of amides is 1. The van der Waals surface area contributed by atoms with Gasteiger partial charge in [0.2, 0.25) is 15.9 Å². The van der Waals surface area contributed by atoms with Crippen LogP contribution >= 0.6 is 0 Å². The van der Waals surface area contributed by atoms with Gasteiger partial charge < -0.3 is 15.0 Å². The molecule has 34 heavy (non-hydrogen) atoms. The molecule has 1 saturated heterocycles. The van der Waals surface area contributed by atoms with Gasteiger partial charge in [0.1, 0.15) is 11.4 Å². The second-order valence-corrected chi connectivity index (χ2v) is 9.89. The van der Waals surface area contributed by atoms with Crippen LogP contribution in [0, 0.1) is 16.0 Å². The summed E-state index contributed by atoms with van der Waals surface area (Å²) in [6.07, 6.45) is 1.02. The normalized spacial score (nSPS) is 14.8. The molecule has 0 atom stereocenters. The third kappa shape index (κ3) is 5.31. The SMILES string of the molecule is CCN(CC)S(=O)(=O)c1ccc(OC)c(NC(=O)C2CCN(c3ccccc3[N+](=O)[O-])CC2)c1. The molecule has 10 nitrogen and oxygen atoms in total. The Morgan fingerprint density at radius 1 is 1.18 bits per heavy atom. The smallest absolute Gasteiger partial charge is 0.292 e. The summed E-state index contributed by atoms with van der Waals surface area (Å²) in [5.41, 5.74) is 0.880. The van der Waals surface area contributed by atoms with Gasteiger partial charge in [0.05, 0.1) is 22.6 Å². The lowest BCUT2D eigenvalue weighted by Gasteiger charge is -2.32. The summed E-state index contributed by atoms with van der Waals surface area (Å²) in [4.78, 5) is 25.9. The highest BCUT2D eigenvalue weighted by atomic mass is 32.2. The van der Waals surface area contributed by atoms with Crippen LogP contribution in [-0.4, -0.2) is 56.8 Å². The van der Waals surface area contributed by atoms with Crippen molar-refractivity contribution in [3.63, 3.8) is 0 Å². The Balaban J connectivity index is 1.74. The highest BCUT2D eigenvalue weighted by Crippen LogP contribution is 2.33. The molecule has 1 fully saturated rings. The van der Waals surface area contributed by atoms with E-state index in [-0.39, 0.29) is 22.4 Å². The van der Waals surface area contributed by atoms with E-state index >= 15 is 0 Å². The summed E-state index contributed by atoms with van der Waals surface area (Å²) in [6.45, 7) is 5.20. The number of para-hydroxylation sites is 2. The van der Waals surface area contributed by atoms with Crippen LogP contribution in [0.3, 0.4) is 0 Å². The summed E-state index contributed by atoms with van der Waals surface area (Å²) < 4.78 is 32.5. The van der Waals surface area contributed by atoms with E-state index in [1.807, 2.05) is 4.90 Å². The number of carbonyl (C=O) groups excluding carboxylic acids is 1. The molecule has 1 amide bonds. The summed E-state index contributed by atoms with van der Waals surface area (Å²) in [7, 11) is -2.24. The molecule has 2 aromatic carbocycles. The van der Waals surface area contributed by atoms with Gasteiger partial charge in [0.25, 0.3) is 5.69 Å². The third-order valence-electron chi connectivity index (χ3n) is 6.06. The van der Waals surface area contributed by atoms with Gasteiger partial charge in [0, 0.05) is 38.2 Å².